The predicted octanol–water partition coefficient (Wildman–Crippen LogP) is 5.28. The van der Waals surface area contributed by atoms with Crippen LogP contribution in [0.1, 0.15) is 49.1 Å². The van der Waals surface area contributed by atoms with Crippen LogP contribution in [0.4, 0.5) is 17.6 Å². The van der Waals surface area contributed by atoms with E-state index in [0.717, 1.165) is 53.4 Å². The Morgan fingerprint density at radius 3 is 2.62 bits per heavy atom. The maximum absolute atomic E-state index is 13.7. The standard InChI is InChI=1S/C19H17F4NOS/c20-12-7-6-10(9-11(12)19(21,22)23)16-17-13(3-1-5-15(17)25)24-14-4-2-8-26-18(14)16/h6-7,9,16,24H,1-5,8H2. The Morgan fingerprint density at radius 2 is 1.85 bits per heavy atom. The lowest BCUT2D eigenvalue weighted by molar-refractivity contribution is -0.140. The van der Waals surface area contributed by atoms with Gasteiger partial charge in [0.15, 0.2) is 5.78 Å². The Bertz CT molecular complexity index is 840. The second-order valence-electron chi connectivity index (χ2n) is 6.76. The van der Waals surface area contributed by atoms with Gasteiger partial charge in [-0.15, -0.1) is 11.8 Å². The predicted molar refractivity (Wildman–Crippen MR) is 91.9 cm³/mol. The zero-order chi connectivity index (χ0) is 18.5. The van der Waals surface area contributed by atoms with Gasteiger partial charge in [0.05, 0.1) is 5.56 Å². The van der Waals surface area contributed by atoms with Crippen LogP contribution in [0.15, 0.2) is 40.1 Å². The maximum atomic E-state index is 13.7. The summed E-state index contributed by atoms with van der Waals surface area (Å²) < 4.78 is 53.3. The smallest absolute Gasteiger partial charge is 0.361 e. The molecule has 0 saturated heterocycles. The molecule has 0 fully saturated rings. The number of hydrogen-bond donors (Lipinski definition) is 1. The fourth-order valence-corrected chi connectivity index (χ4v) is 5.18. The third kappa shape index (κ3) is 2.96. The molecule has 2 aliphatic heterocycles. The van der Waals surface area contributed by atoms with Crippen LogP contribution in [0.5, 0.6) is 0 Å². The van der Waals surface area contributed by atoms with Crippen molar-refractivity contribution in [2.45, 2.75) is 44.2 Å². The van der Waals surface area contributed by atoms with Crippen molar-refractivity contribution < 1.29 is 22.4 Å². The topological polar surface area (TPSA) is 29.1 Å². The average Bonchev–Trinajstić information content (AvgIpc) is 2.60. The molecule has 1 atom stereocenters. The second kappa shape index (κ2) is 6.44. The van der Waals surface area contributed by atoms with E-state index in [4.69, 9.17) is 0 Å². The number of dihydropyridines is 1. The van der Waals surface area contributed by atoms with Crippen molar-refractivity contribution in [2.75, 3.05) is 5.75 Å². The molecule has 26 heavy (non-hydrogen) atoms. The number of rotatable bonds is 1. The minimum Gasteiger partial charge on any atom is -0.361 e. The molecule has 1 aromatic carbocycles. The number of carbonyl (C=O) groups is 1. The van der Waals surface area contributed by atoms with Crippen molar-refractivity contribution in [3.63, 3.8) is 0 Å². The largest absolute Gasteiger partial charge is 0.419 e. The highest BCUT2D eigenvalue weighted by molar-refractivity contribution is 8.03. The van der Waals surface area contributed by atoms with Gasteiger partial charge in [-0.1, -0.05) is 6.07 Å². The van der Waals surface area contributed by atoms with Crippen molar-refractivity contribution >= 4 is 17.5 Å². The quantitative estimate of drug-likeness (QED) is 0.669. The molecular formula is C19H17F4NOS. The first-order valence-corrected chi connectivity index (χ1v) is 9.60. The average molecular weight is 383 g/mol. The molecule has 0 aromatic heterocycles. The van der Waals surface area contributed by atoms with E-state index in [0.29, 0.717) is 24.0 Å². The molecule has 0 bridgehead atoms. The van der Waals surface area contributed by atoms with Gasteiger partial charge in [0.2, 0.25) is 0 Å². The molecule has 2 nitrogen and oxygen atoms in total. The van der Waals surface area contributed by atoms with Crippen molar-refractivity contribution in [1.82, 2.24) is 5.32 Å². The van der Waals surface area contributed by atoms with E-state index in [1.807, 2.05) is 0 Å². The molecule has 0 radical (unpaired) electrons. The minimum absolute atomic E-state index is 0.0284. The number of Topliss-reactive ketones (excluding diaryl/α,β-unsaturated/α-hetero) is 1. The highest BCUT2D eigenvalue weighted by Gasteiger charge is 2.40. The zero-order valence-electron chi connectivity index (χ0n) is 13.9. The molecule has 0 saturated carbocycles. The lowest BCUT2D eigenvalue weighted by atomic mass is 9.78. The van der Waals surface area contributed by atoms with Crippen molar-refractivity contribution in [1.29, 1.82) is 0 Å². The number of halogens is 4. The Hall–Kier alpha value is -1.76. The van der Waals surface area contributed by atoms with Crippen molar-refractivity contribution in [3.05, 3.63) is 57.0 Å². The SMILES string of the molecule is O=C1CCCC2=C1C(c1ccc(F)c(C(F)(F)F)c1)C1=C(CCCS1)N2. The van der Waals surface area contributed by atoms with Crippen LogP contribution in [-0.4, -0.2) is 11.5 Å². The van der Waals surface area contributed by atoms with E-state index in [1.54, 1.807) is 11.8 Å². The van der Waals surface area contributed by atoms with Crippen LogP contribution in [0.25, 0.3) is 0 Å². The summed E-state index contributed by atoms with van der Waals surface area (Å²) in [5, 5.41) is 3.37. The van der Waals surface area contributed by atoms with Gasteiger partial charge in [-0.2, -0.15) is 13.2 Å². The molecule has 1 aromatic rings. The number of allylic oxidation sites excluding steroid dienone is 4. The molecule has 2 heterocycles. The third-order valence-electron chi connectivity index (χ3n) is 5.06. The summed E-state index contributed by atoms with van der Waals surface area (Å²) in [4.78, 5) is 13.5. The normalized spacial score (nSPS) is 23.5. The summed E-state index contributed by atoms with van der Waals surface area (Å²) in [6.07, 6.45) is -1.11. The van der Waals surface area contributed by atoms with E-state index in [2.05, 4.69) is 5.32 Å². The molecular weight excluding hydrogens is 366 g/mol. The summed E-state index contributed by atoms with van der Waals surface area (Å²) in [7, 11) is 0. The summed E-state index contributed by atoms with van der Waals surface area (Å²) in [5.74, 6) is -0.980. The summed E-state index contributed by atoms with van der Waals surface area (Å²) in [6.45, 7) is 0. The van der Waals surface area contributed by atoms with Crippen molar-refractivity contribution in [2.24, 2.45) is 0 Å². The monoisotopic (exact) mass is 383 g/mol. The van der Waals surface area contributed by atoms with Crippen LogP contribution in [-0.2, 0) is 11.0 Å². The molecule has 0 amide bonds. The van der Waals surface area contributed by atoms with Gasteiger partial charge in [0.1, 0.15) is 5.82 Å². The van der Waals surface area contributed by atoms with Gasteiger partial charge in [0, 0.05) is 34.2 Å². The van der Waals surface area contributed by atoms with Crippen LogP contribution >= 0.6 is 11.8 Å². The molecule has 7 heteroatoms. The first kappa shape index (κ1) is 17.6. The van der Waals surface area contributed by atoms with Gasteiger partial charge in [-0.25, -0.2) is 4.39 Å². The van der Waals surface area contributed by atoms with Gasteiger partial charge >= 0.3 is 6.18 Å². The molecule has 1 N–H and O–H groups in total. The van der Waals surface area contributed by atoms with E-state index in [9.17, 15) is 22.4 Å². The number of alkyl halides is 3. The Balaban J connectivity index is 1.88. The summed E-state index contributed by atoms with van der Waals surface area (Å²) >= 11 is 1.58. The number of benzene rings is 1. The first-order valence-electron chi connectivity index (χ1n) is 8.62. The second-order valence-corrected chi connectivity index (χ2v) is 7.90. The molecule has 3 aliphatic rings. The van der Waals surface area contributed by atoms with Gasteiger partial charge in [0.25, 0.3) is 0 Å². The number of nitrogens with one attached hydrogen (secondary N) is 1. The van der Waals surface area contributed by atoms with Gasteiger partial charge in [-0.3, -0.25) is 4.79 Å². The maximum Gasteiger partial charge on any atom is 0.419 e. The summed E-state index contributed by atoms with van der Waals surface area (Å²) in [5.41, 5.74) is 1.44. The number of carbonyl (C=O) groups excluding carboxylic acids is 1. The van der Waals surface area contributed by atoms with Crippen LogP contribution < -0.4 is 5.32 Å². The number of hydrogen-bond acceptors (Lipinski definition) is 3. The Labute approximate surface area is 152 Å². The van der Waals surface area contributed by atoms with Crippen LogP contribution in [0.2, 0.25) is 0 Å². The van der Waals surface area contributed by atoms with E-state index < -0.39 is 23.5 Å². The third-order valence-corrected chi connectivity index (χ3v) is 6.35. The van der Waals surface area contributed by atoms with Crippen molar-refractivity contribution in [3.8, 4) is 0 Å². The Morgan fingerprint density at radius 1 is 1.08 bits per heavy atom. The fourth-order valence-electron chi connectivity index (χ4n) is 3.92. The van der Waals surface area contributed by atoms with Gasteiger partial charge in [-0.05, 0) is 49.1 Å². The fraction of sp³-hybridized carbons (Fsp3) is 0.421. The highest BCUT2D eigenvalue weighted by atomic mass is 32.2. The van der Waals surface area contributed by atoms with Crippen LogP contribution in [0.3, 0.4) is 0 Å². The Kier molecular flexibility index (Phi) is 4.37. The van der Waals surface area contributed by atoms with E-state index in [1.165, 1.54) is 6.07 Å². The van der Waals surface area contributed by atoms with E-state index >= 15 is 0 Å². The molecule has 0 spiro atoms. The zero-order valence-corrected chi connectivity index (χ0v) is 14.7. The molecule has 138 valence electrons. The number of thioether (sulfide) groups is 1. The number of ketones is 1. The van der Waals surface area contributed by atoms with E-state index in [-0.39, 0.29) is 5.78 Å². The van der Waals surface area contributed by atoms with Crippen LogP contribution in [0, 0.1) is 5.82 Å². The minimum atomic E-state index is -4.77. The molecule has 1 unspecified atom stereocenters. The summed E-state index contributed by atoms with van der Waals surface area (Å²) in [6, 6.07) is 3.12. The molecule has 1 aliphatic carbocycles. The molecule has 4 rings (SSSR count). The lowest BCUT2D eigenvalue weighted by Crippen LogP contribution is -2.33. The lowest BCUT2D eigenvalue weighted by Gasteiger charge is -2.37. The highest BCUT2D eigenvalue weighted by Crippen LogP contribution is 2.49. The first-order chi connectivity index (χ1) is 12.4. The van der Waals surface area contributed by atoms with Gasteiger partial charge < -0.3 is 5.32 Å².